The summed E-state index contributed by atoms with van der Waals surface area (Å²) in [5, 5.41) is 13.2. The average Bonchev–Trinajstić information content (AvgIpc) is 2.06. The Hall–Kier alpha value is -2.02. The van der Waals surface area contributed by atoms with E-state index in [0.717, 1.165) is 0 Å². The zero-order valence-corrected chi connectivity index (χ0v) is 6.20. The molecule has 0 saturated heterocycles. The third-order valence-electron chi connectivity index (χ3n) is 1.20. The lowest BCUT2D eigenvalue weighted by molar-refractivity contribution is 1.45. The van der Waals surface area contributed by atoms with Crippen LogP contribution in [0.15, 0.2) is 34.3 Å². The maximum Gasteiger partial charge on any atom is 0.0918 e. The van der Waals surface area contributed by atoms with Gasteiger partial charge in [-0.15, -0.1) is 0 Å². The summed E-state index contributed by atoms with van der Waals surface area (Å²) in [7, 11) is 0. The van der Waals surface area contributed by atoms with E-state index in [0.29, 0.717) is 11.4 Å². The van der Waals surface area contributed by atoms with Crippen LogP contribution in [0.2, 0.25) is 0 Å². The number of nitrogens with one attached hydrogen (secondary N) is 2. The van der Waals surface area contributed by atoms with Gasteiger partial charge in [-0.1, -0.05) is 6.07 Å². The molecule has 0 heterocycles. The molecule has 0 radical (unpaired) electrons. The molecule has 0 unspecified atom stereocenters. The molecular weight excluding hydrogens is 152 g/mol. The van der Waals surface area contributed by atoms with Gasteiger partial charge in [-0.2, -0.15) is 9.98 Å². The molecule has 1 rings (SSSR count). The van der Waals surface area contributed by atoms with Gasteiger partial charge in [0, 0.05) is 0 Å². The van der Waals surface area contributed by atoms with E-state index < -0.39 is 0 Å². The first-order chi connectivity index (χ1) is 5.86. The largest absolute Gasteiger partial charge is 0.241 e. The normalized spacial score (nSPS) is 8.00. The topological polar surface area (TPSA) is 72.4 Å². The van der Waals surface area contributed by atoms with Gasteiger partial charge in [0.1, 0.15) is 0 Å². The third kappa shape index (κ3) is 1.99. The number of benzene rings is 1. The highest BCUT2D eigenvalue weighted by molar-refractivity contribution is 5.58. The van der Waals surface area contributed by atoms with Crippen LogP contribution >= 0.6 is 0 Å². The van der Waals surface area contributed by atoms with Gasteiger partial charge < -0.3 is 0 Å². The second kappa shape index (κ2) is 3.98. The molecule has 4 nitrogen and oxygen atoms in total. The van der Waals surface area contributed by atoms with Crippen LogP contribution in [-0.2, 0) is 0 Å². The van der Waals surface area contributed by atoms with Crippen molar-refractivity contribution in [3.63, 3.8) is 0 Å². The predicted molar refractivity (Wildman–Crippen MR) is 46.1 cm³/mol. The molecule has 0 aliphatic heterocycles. The van der Waals surface area contributed by atoms with Crippen LogP contribution in [-0.4, -0.2) is 12.0 Å². The van der Waals surface area contributed by atoms with E-state index in [4.69, 9.17) is 10.8 Å². The quantitative estimate of drug-likeness (QED) is 0.620. The lowest BCUT2D eigenvalue weighted by Gasteiger charge is -1.91. The zero-order chi connectivity index (χ0) is 8.81. The summed E-state index contributed by atoms with van der Waals surface area (Å²) in [6.07, 6.45) is 0. The van der Waals surface area contributed by atoms with Crippen molar-refractivity contribution in [3.8, 4) is 0 Å². The highest BCUT2D eigenvalue weighted by atomic mass is 14.8. The second-order valence-electron chi connectivity index (χ2n) is 1.97. The highest BCUT2D eigenvalue weighted by Crippen LogP contribution is 2.18. The fourth-order valence-electron chi connectivity index (χ4n) is 0.761. The zero-order valence-electron chi connectivity index (χ0n) is 6.20. The van der Waals surface area contributed by atoms with E-state index in [1.165, 1.54) is 0 Å². The first kappa shape index (κ1) is 8.08. The molecule has 12 heavy (non-hydrogen) atoms. The summed E-state index contributed by atoms with van der Waals surface area (Å²) >= 11 is 0. The van der Waals surface area contributed by atoms with Gasteiger partial charge in [-0.3, -0.25) is 0 Å². The Morgan fingerprint density at radius 2 is 1.50 bits per heavy atom. The molecule has 58 valence electrons. The minimum atomic E-state index is 0.599. The molecule has 0 saturated carbocycles. The Bertz CT molecular complexity index is 337. The summed E-state index contributed by atoms with van der Waals surface area (Å²) in [4.78, 5) is 7.23. The smallest absolute Gasteiger partial charge is 0.0918 e. The van der Waals surface area contributed by atoms with Gasteiger partial charge in [0.2, 0.25) is 0 Å². The van der Waals surface area contributed by atoms with Crippen LogP contribution in [0.3, 0.4) is 0 Å². The minimum absolute atomic E-state index is 0.599. The Morgan fingerprint density at radius 3 is 1.92 bits per heavy atom. The maximum atomic E-state index is 6.61. The molecule has 0 aliphatic rings. The van der Waals surface area contributed by atoms with Gasteiger partial charge in [-0.25, -0.2) is 10.8 Å². The number of hydrogen-bond acceptors (Lipinski definition) is 4. The van der Waals surface area contributed by atoms with Crippen LogP contribution in [0.4, 0.5) is 11.4 Å². The number of nitrogens with zero attached hydrogens (tertiary/aromatic N) is 2. The SMILES string of the molecule is N=C=Nc1cccc(N=C=N)c1. The molecule has 0 atom stereocenters. The lowest BCUT2D eigenvalue weighted by atomic mass is 10.3. The molecule has 0 bridgehead atoms. The van der Waals surface area contributed by atoms with Gasteiger partial charge in [0.05, 0.1) is 23.4 Å². The molecule has 0 fully saturated rings. The van der Waals surface area contributed by atoms with E-state index in [-0.39, 0.29) is 0 Å². The molecule has 0 aliphatic carbocycles. The molecule has 1 aromatic carbocycles. The molecule has 0 amide bonds. The van der Waals surface area contributed by atoms with Crippen molar-refractivity contribution in [2.75, 3.05) is 0 Å². The summed E-state index contributed by atoms with van der Waals surface area (Å²) in [5.41, 5.74) is 1.20. The Labute approximate surface area is 69.3 Å². The first-order valence-electron chi connectivity index (χ1n) is 3.22. The van der Waals surface area contributed by atoms with E-state index >= 15 is 0 Å². The Balaban J connectivity index is 3.11. The minimum Gasteiger partial charge on any atom is -0.241 e. The van der Waals surface area contributed by atoms with Crippen molar-refractivity contribution in [2.24, 2.45) is 9.98 Å². The van der Waals surface area contributed by atoms with Crippen LogP contribution in [0.5, 0.6) is 0 Å². The van der Waals surface area contributed by atoms with Gasteiger partial charge in [-0.05, 0) is 18.2 Å². The van der Waals surface area contributed by atoms with E-state index in [1.54, 1.807) is 24.3 Å². The summed E-state index contributed by atoms with van der Waals surface area (Å²) in [6, 6.07) is 10.7. The van der Waals surface area contributed by atoms with Crippen LogP contribution in [0, 0.1) is 10.8 Å². The highest BCUT2D eigenvalue weighted by Gasteiger charge is 1.89. The van der Waals surface area contributed by atoms with E-state index in [9.17, 15) is 0 Å². The Kier molecular flexibility index (Phi) is 2.68. The monoisotopic (exact) mass is 158 g/mol. The molecule has 1 aromatic rings. The molecule has 0 aromatic heterocycles. The van der Waals surface area contributed by atoms with Crippen molar-refractivity contribution >= 4 is 23.4 Å². The van der Waals surface area contributed by atoms with Gasteiger partial charge in [0.15, 0.2) is 0 Å². The number of aliphatic imine (C=N–C) groups is 2. The van der Waals surface area contributed by atoms with Crippen molar-refractivity contribution in [2.45, 2.75) is 0 Å². The van der Waals surface area contributed by atoms with Crippen LogP contribution in [0.25, 0.3) is 0 Å². The fourth-order valence-corrected chi connectivity index (χ4v) is 0.761. The summed E-state index contributed by atoms with van der Waals surface area (Å²) in [5.74, 6) is 0. The number of hydrogen-bond donors (Lipinski definition) is 2. The molecular formula is C8H6N4. The molecule has 0 spiro atoms. The predicted octanol–water partition coefficient (Wildman–Crippen LogP) is 2.45. The van der Waals surface area contributed by atoms with Crippen molar-refractivity contribution in [1.82, 2.24) is 0 Å². The van der Waals surface area contributed by atoms with Gasteiger partial charge in [0.25, 0.3) is 0 Å². The Morgan fingerprint density at radius 1 is 1.00 bits per heavy atom. The average molecular weight is 158 g/mol. The van der Waals surface area contributed by atoms with Crippen molar-refractivity contribution in [3.05, 3.63) is 24.3 Å². The van der Waals surface area contributed by atoms with Gasteiger partial charge >= 0.3 is 0 Å². The lowest BCUT2D eigenvalue weighted by Crippen LogP contribution is -1.64. The van der Waals surface area contributed by atoms with E-state index in [1.807, 2.05) is 12.0 Å². The van der Waals surface area contributed by atoms with Crippen molar-refractivity contribution < 1.29 is 0 Å². The standard InChI is InChI=1S/C8H6N4/c9-5-11-7-2-1-3-8(4-7)12-6-10/h1-4,9-10H. The fraction of sp³-hybridized carbons (Fsp3) is 0. The first-order valence-corrected chi connectivity index (χ1v) is 3.22. The molecule has 4 heteroatoms. The van der Waals surface area contributed by atoms with E-state index in [2.05, 4.69) is 9.98 Å². The summed E-state index contributed by atoms with van der Waals surface area (Å²) < 4.78 is 0. The molecule has 2 N–H and O–H groups in total. The maximum absolute atomic E-state index is 6.61. The summed E-state index contributed by atoms with van der Waals surface area (Å²) in [6.45, 7) is 0. The van der Waals surface area contributed by atoms with Crippen molar-refractivity contribution in [1.29, 1.82) is 10.8 Å². The third-order valence-corrected chi connectivity index (χ3v) is 1.20. The second-order valence-corrected chi connectivity index (χ2v) is 1.97. The van der Waals surface area contributed by atoms with Crippen LogP contribution in [0.1, 0.15) is 0 Å². The number of rotatable bonds is 2. The van der Waals surface area contributed by atoms with Crippen LogP contribution < -0.4 is 0 Å².